The first-order chi connectivity index (χ1) is 58.7. The summed E-state index contributed by atoms with van der Waals surface area (Å²) in [6.45, 7) is 45.0. The van der Waals surface area contributed by atoms with Gasteiger partial charge in [-0.15, -0.1) is 10.2 Å². The third kappa shape index (κ3) is 15.9. The van der Waals surface area contributed by atoms with Crippen LogP contribution in [0.2, 0.25) is 0 Å². The predicted molar refractivity (Wildman–Crippen MR) is 481 cm³/mol. The van der Waals surface area contributed by atoms with Gasteiger partial charge >= 0.3 is 0 Å². The predicted octanol–water partition coefficient (Wildman–Crippen LogP) is 18.8. The molecule has 16 saturated carbocycles. The summed E-state index contributed by atoms with van der Waals surface area (Å²) < 4.78 is 6.80. The molecule has 21 heteroatoms. The summed E-state index contributed by atoms with van der Waals surface area (Å²) in [6, 6.07) is 2.10. The molecule has 0 unspecified atom stereocenters. The molecule has 0 aromatic carbocycles. The van der Waals surface area contributed by atoms with Gasteiger partial charge < -0.3 is 20.4 Å². The second-order valence-corrected chi connectivity index (χ2v) is 50.2. The average Bonchev–Trinajstić information content (AvgIpc) is 1.71. The van der Waals surface area contributed by atoms with Gasteiger partial charge in [0.15, 0.2) is 23.1 Å². The minimum Gasteiger partial charge on any atom is -0.390 e. The van der Waals surface area contributed by atoms with E-state index in [2.05, 4.69) is 137 Å². The van der Waals surface area contributed by atoms with E-state index in [1.54, 1.807) is 26.4 Å². The van der Waals surface area contributed by atoms with Crippen LogP contribution in [0, 0.1) is 217 Å². The van der Waals surface area contributed by atoms with Crippen LogP contribution in [0.1, 0.15) is 339 Å². The Balaban J connectivity index is 0.000000118. The largest absolute Gasteiger partial charge is 0.390 e. The highest BCUT2D eigenvalue weighted by atomic mass is 16.3. The second kappa shape index (κ2) is 32.8. The zero-order valence-electron chi connectivity index (χ0n) is 80.4. The molecule has 16 aliphatic carbocycles. The van der Waals surface area contributed by atoms with Crippen LogP contribution in [0.3, 0.4) is 0 Å². The van der Waals surface area contributed by atoms with E-state index in [0.29, 0.717) is 159 Å². The Morgan fingerprint density at radius 1 is 0.360 bits per heavy atom. The molecule has 690 valence electrons. The van der Waals surface area contributed by atoms with Crippen LogP contribution in [-0.4, -0.2) is 126 Å². The van der Waals surface area contributed by atoms with E-state index in [9.17, 15) is 39.6 Å². The summed E-state index contributed by atoms with van der Waals surface area (Å²) >= 11 is 0. The van der Waals surface area contributed by atoms with Gasteiger partial charge in [-0.25, -0.2) is 9.36 Å². The normalized spacial score (nSPS) is 48.8. The lowest BCUT2D eigenvalue weighted by molar-refractivity contribution is -0.166. The standard InChI is InChI=1S/C27H39N3O2.C27H42N2O2.2C25H40N4O2/c1-17-11-19-12-25(2,32)9-10-26(19,3)22-7-8-27(4)20(5-6-21(27)24(17)22)23(31)16-30-15-18(13-28)14-29-30;1-17-14-28-29(15-17)16-23(30)20-6-7-21-24-18(2)12-19-13-25(3,31)10-11-26(19,4)22(24)8-9-27(20,21)5;2*1-15-12-17-13-23(3,31)10-11-24(17,4)20-8-9-25(5)18(6-7-19(25)22(15)20)21(30)14-29-16(2)26-27-28-29/h14-15,17,19-22,24,32H,5-12,16H2,1-4H3;14-15,18-22,24,31H,6-13,16H2,1-5H3;2*15,17-20,22,31H,6-14H2,1-5H3/t17-,19+,20-,21+,22+,24+,25-,26+,27-;18-,19-,20+,21-,22-,24-,25+,26-,27+;15-,17+,18+,19+,20+,22+,23-,24+,25-;15-,17+,18-,19+,20+,22+,23-,24+,25-/m1011/s1. The number of tetrazole rings is 2. The lowest BCUT2D eigenvalue weighted by Gasteiger charge is -2.63. The van der Waals surface area contributed by atoms with Crippen molar-refractivity contribution in [2.24, 2.45) is 185 Å². The number of hydrogen-bond donors (Lipinski definition) is 4. The van der Waals surface area contributed by atoms with Crippen LogP contribution in [0.4, 0.5) is 0 Å². The smallest absolute Gasteiger partial charge is 0.158 e. The van der Waals surface area contributed by atoms with Gasteiger partial charge in [0, 0.05) is 36.1 Å². The molecule has 0 spiro atoms. The van der Waals surface area contributed by atoms with Crippen molar-refractivity contribution < 1.29 is 39.6 Å². The molecule has 4 aromatic rings. The summed E-state index contributed by atoms with van der Waals surface area (Å²) in [5, 5.41) is 84.1. The van der Waals surface area contributed by atoms with Crippen molar-refractivity contribution in [3.05, 3.63) is 47.6 Å². The number of fused-ring (bicyclic) bond motifs is 20. The molecule has 4 heterocycles. The van der Waals surface area contributed by atoms with Crippen LogP contribution < -0.4 is 0 Å². The van der Waals surface area contributed by atoms with Gasteiger partial charge in [0.05, 0.1) is 53.5 Å². The molecule has 16 aliphatic rings. The van der Waals surface area contributed by atoms with Gasteiger partial charge in [-0.2, -0.15) is 15.5 Å². The molecule has 0 bridgehead atoms. The maximum Gasteiger partial charge on any atom is 0.158 e. The first-order valence-electron chi connectivity index (χ1n) is 50.6. The van der Waals surface area contributed by atoms with E-state index < -0.39 is 22.4 Å². The van der Waals surface area contributed by atoms with E-state index >= 15 is 0 Å². The number of Topliss-reactive ketones (excluding diaryl/α,β-unsaturated/α-hetero) is 4. The number of carbonyl (C=O) groups excluding carboxylic acids is 4. The Hall–Kier alpha value is -5.43. The van der Waals surface area contributed by atoms with Gasteiger partial charge in [0.25, 0.3) is 0 Å². The molecule has 0 radical (unpaired) electrons. The molecule has 0 amide bonds. The number of nitrogens with zero attached hydrogens (tertiary/aromatic N) is 13. The van der Waals surface area contributed by atoms with Crippen molar-refractivity contribution in [1.82, 2.24) is 60.0 Å². The van der Waals surface area contributed by atoms with Crippen molar-refractivity contribution in [2.45, 2.75) is 386 Å². The first-order valence-corrected chi connectivity index (χ1v) is 50.6. The number of aryl methyl sites for hydroxylation is 3. The third-order valence-electron chi connectivity index (χ3n) is 43.0. The lowest BCUT2D eigenvalue weighted by Crippen LogP contribution is -2.58. The van der Waals surface area contributed by atoms with Crippen molar-refractivity contribution in [3.8, 4) is 6.07 Å². The Morgan fingerprint density at radius 2 is 0.624 bits per heavy atom. The fourth-order valence-electron chi connectivity index (χ4n) is 36.3. The number of nitriles is 1. The summed E-state index contributed by atoms with van der Waals surface area (Å²) in [5.41, 5.74) is 1.55. The number of carbonyl (C=O) groups is 4. The van der Waals surface area contributed by atoms with Gasteiger partial charge in [0.2, 0.25) is 0 Å². The molecule has 4 aromatic heterocycles. The summed E-state index contributed by atoms with van der Waals surface area (Å²) in [7, 11) is 0. The minimum absolute atomic E-state index is 0.0844. The van der Waals surface area contributed by atoms with Crippen LogP contribution >= 0.6 is 0 Å². The van der Waals surface area contributed by atoms with E-state index in [1.807, 2.05) is 58.6 Å². The van der Waals surface area contributed by atoms with Crippen LogP contribution in [0.15, 0.2) is 24.8 Å². The zero-order chi connectivity index (χ0) is 89.4. The maximum atomic E-state index is 13.4. The zero-order valence-corrected chi connectivity index (χ0v) is 80.4. The monoisotopic (exact) mass is 1720 g/mol. The molecule has 16 fully saturated rings. The van der Waals surface area contributed by atoms with E-state index in [4.69, 9.17) is 5.26 Å². The summed E-state index contributed by atoms with van der Waals surface area (Å²) in [6.07, 6.45) is 42.7. The number of hydrogen-bond acceptors (Lipinski definition) is 17. The number of aromatic nitrogens is 12. The Morgan fingerprint density at radius 3 is 0.872 bits per heavy atom. The van der Waals surface area contributed by atoms with Crippen molar-refractivity contribution >= 4 is 23.1 Å². The van der Waals surface area contributed by atoms with E-state index in [1.165, 1.54) is 89.9 Å². The van der Waals surface area contributed by atoms with Gasteiger partial charge in [-0.3, -0.25) is 28.5 Å². The van der Waals surface area contributed by atoms with E-state index in [0.717, 1.165) is 163 Å². The topological polar surface area (TPSA) is 296 Å². The van der Waals surface area contributed by atoms with Crippen molar-refractivity contribution in [2.75, 3.05) is 0 Å². The maximum absolute atomic E-state index is 13.4. The van der Waals surface area contributed by atoms with Gasteiger partial charge in [0.1, 0.15) is 30.8 Å². The van der Waals surface area contributed by atoms with Gasteiger partial charge in [-0.05, 0) is 442 Å². The van der Waals surface area contributed by atoms with Crippen molar-refractivity contribution in [1.29, 1.82) is 5.26 Å². The summed E-state index contributed by atoms with van der Waals surface area (Å²) in [5.74, 6) is 17.0. The SMILES string of the molecule is C[C@@H]1C[C@H]2C[C@](C)(O)CC[C@]2(C)[C@H]2CC[C@]3(C)[C@@H](C(=O)Cn4cc(C#N)cn4)CC[C@H]3[C@H]12.Cc1cnn(CC(=O)[C@H]2CC[C@H]3[C@@H]4[C@@H](C)C[C@H]5C[C@](C)(O)CC[C@]5(C)[C@H]4CC[C@]23C)c1.Cc1nnnn1CC(=O)[C@@H]1CC[C@H]2[C@@H]3[C@H](C)C[C@H]4C[C@](C)(O)CC[C@]4(C)[C@H]3CC[C@]12C.Cc1nnnn1CC(=O)[C@H]1CC[C@H]2[C@@H]3[C@H](C)C[C@H]4C[C@](C)(O)CC[C@]4(C)[C@H]3CC[C@]12C. The number of ketones is 4. The van der Waals surface area contributed by atoms with Gasteiger partial charge in [-0.1, -0.05) is 83.1 Å². The fourth-order valence-corrected chi connectivity index (χ4v) is 36.3. The minimum atomic E-state index is -0.497. The number of aliphatic hydroxyl groups is 4. The Labute approximate surface area is 748 Å². The molecule has 36 atom stereocenters. The molecular weight excluding hydrogens is 1560 g/mol. The molecule has 0 aliphatic heterocycles. The molecule has 4 N–H and O–H groups in total. The highest BCUT2D eigenvalue weighted by molar-refractivity contribution is 5.84. The average molecular weight is 1720 g/mol. The number of rotatable bonds is 12. The van der Waals surface area contributed by atoms with Crippen LogP contribution in [0.25, 0.3) is 0 Å². The molecule has 125 heavy (non-hydrogen) atoms. The molecular formula is C104H161N13O8. The Bertz CT molecular complexity index is 4540. The third-order valence-corrected chi connectivity index (χ3v) is 43.0. The van der Waals surface area contributed by atoms with Crippen LogP contribution in [-0.2, 0) is 45.4 Å². The quantitative estimate of drug-likeness (QED) is 0.102. The fraction of sp³-hybridized carbons (Fsp3) is 0.875. The highest BCUT2D eigenvalue weighted by Crippen LogP contribution is 2.75. The summed E-state index contributed by atoms with van der Waals surface area (Å²) in [4.78, 5) is 53.6. The van der Waals surface area contributed by atoms with Crippen LogP contribution in [0.5, 0.6) is 0 Å². The molecule has 21 nitrogen and oxygen atoms in total. The molecule has 20 rings (SSSR count). The lowest BCUT2D eigenvalue weighted by atomic mass is 9.42. The van der Waals surface area contributed by atoms with E-state index in [-0.39, 0.29) is 51.9 Å². The second-order valence-electron chi connectivity index (χ2n) is 50.2. The Kier molecular flexibility index (Phi) is 24.0. The highest BCUT2D eigenvalue weighted by Gasteiger charge is 2.69. The molecule has 0 saturated heterocycles. The first kappa shape index (κ1) is 91.5. The van der Waals surface area contributed by atoms with Crippen molar-refractivity contribution in [3.63, 3.8) is 0 Å².